The van der Waals surface area contributed by atoms with Gasteiger partial charge in [0.05, 0.1) is 0 Å². The summed E-state index contributed by atoms with van der Waals surface area (Å²) in [6.07, 6.45) is 7.53. The van der Waals surface area contributed by atoms with Gasteiger partial charge in [0.1, 0.15) is 5.69 Å². The number of nitrogens with zero attached hydrogens (tertiary/aromatic N) is 1. The monoisotopic (exact) mass is 389 g/mol. The van der Waals surface area contributed by atoms with E-state index >= 15 is 0 Å². The molecule has 144 valence electrons. The van der Waals surface area contributed by atoms with Gasteiger partial charge < -0.3 is 0 Å². The fraction of sp³-hybridized carbons (Fsp3) is 0.440. The molecule has 2 aliphatic rings. The molecule has 3 heteroatoms. The van der Waals surface area contributed by atoms with Gasteiger partial charge in [-0.05, 0) is 96.9 Å². The van der Waals surface area contributed by atoms with E-state index in [4.69, 9.17) is 4.98 Å². The van der Waals surface area contributed by atoms with Crippen LogP contribution >= 0.6 is 11.3 Å². The summed E-state index contributed by atoms with van der Waals surface area (Å²) in [5.74, 6) is 1.63. The largest absolute Gasteiger partial charge is 0.292 e. The lowest BCUT2D eigenvalue weighted by atomic mass is 9.76. The van der Waals surface area contributed by atoms with E-state index in [0.717, 1.165) is 43.5 Å². The van der Waals surface area contributed by atoms with E-state index in [1.165, 1.54) is 34.1 Å². The normalized spacial score (nSPS) is 22.5. The fourth-order valence-electron chi connectivity index (χ4n) is 4.74. The Kier molecular flexibility index (Phi) is 4.80. The van der Waals surface area contributed by atoms with Gasteiger partial charge in [-0.2, -0.15) is 0 Å². The Morgan fingerprint density at radius 3 is 2.54 bits per heavy atom. The third-order valence-electron chi connectivity index (χ3n) is 6.65. The van der Waals surface area contributed by atoms with Crippen molar-refractivity contribution in [3.05, 3.63) is 64.3 Å². The van der Waals surface area contributed by atoms with Gasteiger partial charge in [-0.25, -0.2) is 4.98 Å². The molecule has 0 spiro atoms. The van der Waals surface area contributed by atoms with E-state index in [2.05, 4.69) is 48.7 Å². The molecule has 0 atom stereocenters. The van der Waals surface area contributed by atoms with E-state index in [1.807, 2.05) is 11.3 Å². The molecule has 0 bridgehead atoms. The summed E-state index contributed by atoms with van der Waals surface area (Å²) in [6.45, 7) is 2.11. The van der Waals surface area contributed by atoms with Gasteiger partial charge in [0.2, 0.25) is 0 Å². The smallest absolute Gasteiger partial charge is 0.184 e. The molecule has 0 unspecified atom stereocenters. The Labute approximate surface area is 171 Å². The van der Waals surface area contributed by atoms with Crippen molar-refractivity contribution >= 4 is 27.2 Å². The Morgan fingerprint density at radius 2 is 1.79 bits per heavy atom. The SMILES string of the molecule is CCc1ccc(C2CC2)c(C(=O)C2CCC(c3ccc4ccsc4c3)CC2)n1. The van der Waals surface area contributed by atoms with Crippen molar-refractivity contribution in [1.29, 1.82) is 0 Å². The summed E-state index contributed by atoms with van der Waals surface area (Å²) in [4.78, 5) is 18.1. The number of carbonyl (C=O) groups is 1. The maximum absolute atomic E-state index is 13.3. The van der Waals surface area contributed by atoms with Crippen molar-refractivity contribution in [3.8, 4) is 0 Å². The Balaban J connectivity index is 1.32. The molecule has 0 radical (unpaired) electrons. The molecule has 0 amide bonds. The van der Waals surface area contributed by atoms with Crippen molar-refractivity contribution in [3.63, 3.8) is 0 Å². The van der Waals surface area contributed by atoms with Crippen LogP contribution in [0.4, 0.5) is 0 Å². The number of aromatic nitrogens is 1. The Morgan fingerprint density at radius 1 is 1.00 bits per heavy atom. The predicted octanol–water partition coefficient (Wildman–Crippen LogP) is 6.89. The van der Waals surface area contributed by atoms with Crippen LogP contribution < -0.4 is 0 Å². The molecule has 2 aliphatic carbocycles. The zero-order chi connectivity index (χ0) is 19.1. The number of benzene rings is 1. The zero-order valence-corrected chi connectivity index (χ0v) is 17.3. The van der Waals surface area contributed by atoms with Crippen molar-refractivity contribution < 1.29 is 4.79 Å². The number of hydrogen-bond donors (Lipinski definition) is 0. The zero-order valence-electron chi connectivity index (χ0n) is 16.5. The highest BCUT2D eigenvalue weighted by Crippen LogP contribution is 2.43. The average Bonchev–Trinajstić information content (AvgIpc) is 3.49. The number of rotatable bonds is 5. The third kappa shape index (κ3) is 3.41. The highest BCUT2D eigenvalue weighted by atomic mass is 32.1. The summed E-state index contributed by atoms with van der Waals surface area (Å²) in [5, 5.41) is 3.51. The number of fused-ring (bicyclic) bond motifs is 1. The molecule has 1 aromatic carbocycles. The minimum atomic E-state index is 0.152. The molecule has 2 saturated carbocycles. The number of pyridine rings is 1. The summed E-state index contributed by atoms with van der Waals surface area (Å²) in [7, 11) is 0. The van der Waals surface area contributed by atoms with E-state index in [1.54, 1.807) is 0 Å². The van der Waals surface area contributed by atoms with Crippen LogP contribution in [0.25, 0.3) is 10.1 Å². The lowest BCUT2D eigenvalue weighted by Gasteiger charge is -2.28. The standard InChI is InChI=1S/C25H27NOS/c1-2-21-11-12-22(17-5-6-17)24(26-21)25(27)19-8-3-16(4-9-19)20-10-7-18-13-14-28-23(18)15-20/h7,10-17,19H,2-6,8-9H2,1H3. The molecular formula is C25H27NOS. The van der Waals surface area contributed by atoms with Gasteiger partial charge in [0, 0.05) is 16.3 Å². The van der Waals surface area contributed by atoms with E-state index < -0.39 is 0 Å². The van der Waals surface area contributed by atoms with Crippen LogP contribution in [0.2, 0.25) is 0 Å². The van der Waals surface area contributed by atoms with Gasteiger partial charge in [0.25, 0.3) is 0 Å². The molecule has 3 aromatic rings. The van der Waals surface area contributed by atoms with Crippen LogP contribution in [0.3, 0.4) is 0 Å². The first-order chi connectivity index (χ1) is 13.7. The summed E-state index contributed by atoms with van der Waals surface area (Å²) in [5.41, 5.74) is 4.51. The van der Waals surface area contributed by atoms with Crippen molar-refractivity contribution in [2.24, 2.45) is 5.92 Å². The average molecular weight is 390 g/mol. The van der Waals surface area contributed by atoms with Gasteiger partial charge in [0.15, 0.2) is 5.78 Å². The molecule has 0 aliphatic heterocycles. The van der Waals surface area contributed by atoms with Gasteiger partial charge in [-0.1, -0.05) is 25.1 Å². The Hall–Kier alpha value is -2.00. The molecule has 2 nitrogen and oxygen atoms in total. The quantitative estimate of drug-likeness (QED) is 0.445. The first-order valence-corrected chi connectivity index (χ1v) is 11.6. The molecule has 2 aromatic heterocycles. The summed E-state index contributed by atoms with van der Waals surface area (Å²) >= 11 is 1.82. The summed E-state index contributed by atoms with van der Waals surface area (Å²) < 4.78 is 1.38. The first kappa shape index (κ1) is 18.1. The number of Topliss-reactive ketones (excluding diaryl/α,β-unsaturated/α-hetero) is 1. The van der Waals surface area contributed by atoms with Crippen LogP contribution in [0.5, 0.6) is 0 Å². The highest BCUT2D eigenvalue weighted by molar-refractivity contribution is 7.17. The minimum Gasteiger partial charge on any atom is -0.292 e. The van der Waals surface area contributed by atoms with Crippen molar-refractivity contribution in [1.82, 2.24) is 4.98 Å². The number of aryl methyl sites for hydroxylation is 1. The maximum atomic E-state index is 13.3. The predicted molar refractivity (Wildman–Crippen MR) is 116 cm³/mol. The van der Waals surface area contributed by atoms with E-state index in [-0.39, 0.29) is 5.92 Å². The second kappa shape index (κ2) is 7.44. The van der Waals surface area contributed by atoms with E-state index in [0.29, 0.717) is 17.6 Å². The van der Waals surface area contributed by atoms with Gasteiger partial charge in [-0.3, -0.25) is 4.79 Å². The molecule has 5 rings (SSSR count). The second-order valence-corrected chi connectivity index (χ2v) is 9.45. The summed E-state index contributed by atoms with van der Waals surface area (Å²) in [6, 6.07) is 13.4. The first-order valence-electron chi connectivity index (χ1n) is 10.7. The molecule has 0 N–H and O–H groups in total. The molecule has 28 heavy (non-hydrogen) atoms. The molecule has 0 saturated heterocycles. The molecular weight excluding hydrogens is 362 g/mol. The van der Waals surface area contributed by atoms with Crippen molar-refractivity contribution in [2.75, 3.05) is 0 Å². The highest BCUT2D eigenvalue weighted by Gasteiger charge is 2.33. The van der Waals surface area contributed by atoms with Crippen LogP contribution in [-0.4, -0.2) is 10.8 Å². The van der Waals surface area contributed by atoms with Crippen LogP contribution in [0, 0.1) is 5.92 Å². The molecule has 2 heterocycles. The Bertz CT molecular complexity index is 1010. The number of carbonyl (C=O) groups excluding carboxylic acids is 1. The van der Waals surface area contributed by atoms with Crippen molar-refractivity contribution in [2.45, 2.75) is 63.7 Å². The topological polar surface area (TPSA) is 30.0 Å². The lowest BCUT2D eigenvalue weighted by molar-refractivity contribution is 0.0877. The minimum absolute atomic E-state index is 0.152. The van der Waals surface area contributed by atoms with Crippen LogP contribution in [-0.2, 0) is 6.42 Å². The number of ketones is 1. The third-order valence-corrected chi connectivity index (χ3v) is 7.53. The fourth-order valence-corrected chi connectivity index (χ4v) is 5.57. The lowest BCUT2D eigenvalue weighted by Crippen LogP contribution is -2.23. The van der Waals surface area contributed by atoms with Crippen LogP contribution in [0.1, 0.15) is 84.6 Å². The van der Waals surface area contributed by atoms with Gasteiger partial charge >= 0.3 is 0 Å². The van der Waals surface area contributed by atoms with E-state index in [9.17, 15) is 4.79 Å². The number of hydrogen-bond acceptors (Lipinski definition) is 3. The van der Waals surface area contributed by atoms with Crippen LogP contribution in [0.15, 0.2) is 41.8 Å². The maximum Gasteiger partial charge on any atom is 0.184 e. The van der Waals surface area contributed by atoms with Gasteiger partial charge in [-0.15, -0.1) is 11.3 Å². The number of thiophene rings is 1. The second-order valence-electron chi connectivity index (χ2n) is 8.50. The molecule has 2 fully saturated rings.